The van der Waals surface area contributed by atoms with Gasteiger partial charge in [0.2, 0.25) is 5.95 Å². The molecule has 0 aromatic carbocycles. The number of ether oxygens (including phenoxy) is 1. The number of aromatic nitrogens is 2. The Kier molecular flexibility index (Phi) is 8.99. The van der Waals surface area contributed by atoms with Crippen molar-refractivity contribution in [3.63, 3.8) is 0 Å². The normalized spacial score (nSPS) is 18.9. The van der Waals surface area contributed by atoms with Crippen LogP contribution in [0.15, 0.2) is 6.07 Å². The third-order valence-corrected chi connectivity index (χ3v) is 5.71. The molecule has 0 saturated carbocycles. The van der Waals surface area contributed by atoms with Gasteiger partial charge < -0.3 is 24.8 Å². The molecule has 1 aromatic rings. The van der Waals surface area contributed by atoms with Gasteiger partial charge in [-0.1, -0.05) is 6.92 Å². The number of esters is 1. The van der Waals surface area contributed by atoms with Gasteiger partial charge in [0.15, 0.2) is 0 Å². The van der Waals surface area contributed by atoms with Gasteiger partial charge in [-0.25, -0.2) is 0 Å². The lowest BCUT2D eigenvalue weighted by atomic mass is 10.3. The van der Waals surface area contributed by atoms with E-state index in [4.69, 9.17) is 9.97 Å². The Morgan fingerprint density at radius 3 is 1.97 bits per heavy atom. The molecule has 8 nitrogen and oxygen atoms in total. The van der Waals surface area contributed by atoms with E-state index in [2.05, 4.69) is 30.8 Å². The molecule has 0 unspecified atom stereocenters. The van der Waals surface area contributed by atoms with Crippen LogP contribution in [-0.4, -0.2) is 74.9 Å². The van der Waals surface area contributed by atoms with Crippen LogP contribution in [0.3, 0.4) is 0 Å². The fourth-order valence-corrected chi connectivity index (χ4v) is 4.07. The third-order valence-electron chi connectivity index (χ3n) is 5.71. The lowest BCUT2D eigenvalue weighted by Crippen LogP contribution is -2.44. The van der Waals surface area contributed by atoms with E-state index in [1.54, 1.807) is 0 Å². The van der Waals surface area contributed by atoms with Gasteiger partial charge in [0, 0.05) is 64.8 Å². The summed E-state index contributed by atoms with van der Waals surface area (Å²) in [4.78, 5) is 27.4. The molecule has 3 saturated heterocycles. The zero-order valence-electron chi connectivity index (χ0n) is 18.7. The summed E-state index contributed by atoms with van der Waals surface area (Å²) in [7, 11) is 0. The van der Waals surface area contributed by atoms with Crippen LogP contribution in [0.25, 0.3) is 0 Å². The number of carbonyl (C=O) groups is 1. The molecule has 4 heterocycles. The minimum Gasteiger partial charge on any atom is -0.466 e. The molecule has 1 aromatic heterocycles. The largest absolute Gasteiger partial charge is 0.466 e. The van der Waals surface area contributed by atoms with Crippen molar-refractivity contribution in [2.75, 3.05) is 73.7 Å². The molecule has 4 rings (SSSR count). The minimum absolute atomic E-state index is 0.0880. The van der Waals surface area contributed by atoms with Crippen molar-refractivity contribution in [1.82, 2.24) is 15.3 Å². The van der Waals surface area contributed by atoms with Gasteiger partial charge in [-0.05, 0) is 39.0 Å². The van der Waals surface area contributed by atoms with Crippen molar-refractivity contribution in [2.45, 2.75) is 52.4 Å². The predicted molar refractivity (Wildman–Crippen MR) is 122 cm³/mol. The van der Waals surface area contributed by atoms with Gasteiger partial charge in [0.05, 0.1) is 6.61 Å². The lowest BCUT2D eigenvalue weighted by Gasteiger charge is -2.30. The summed E-state index contributed by atoms with van der Waals surface area (Å²) in [6.07, 6.45) is 6.52. The molecule has 0 aliphatic carbocycles. The van der Waals surface area contributed by atoms with Gasteiger partial charge in [-0.15, -0.1) is 0 Å². The number of anilines is 3. The summed E-state index contributed by atoms with van der Waals surface area (Å²) in [6, 6.07) is 2.20. The number of hydrogen-bond acceptors (Lipinski definition) is 8. The average molecular weight is 419 g/mol. The molecule has 0 amide bonds. The fourth-order valence-electron chi connectivity index (χ4n) is 4.07. The minimum atomic E-state index is -0.0880. The van der Waals surface area contributed by atoms with Crippen molar-refractivity contribution in [1.29, 1.82) is 0 Å². The first-order chi connectivity index (χ1) is 14.7. The van der Waals surface area contributed by atoms with E-state index < -0.39 is 0 Å². The van der Waals surface area contributed by atoms with Crippen LogP contribution in [0.4, 0.5) is 17.6 Å². The van der Waals surface area contributed by atoms with Crippen LogP contribution < -0.4 is 20.0 Å². The molecular formula is C22H38N6O2. The van der Waals surface area contributed by atoms with Gasteiger partial charge in [0.1, 0.15) is 11.6 Å². The Hall–Kier alpha value is -2.09. The summed E-state index contributed by atoms with van der Waals surface area (Å²) in [6.45, 7) is 12.9. The summed E-state index contributed by atoms with van der Waals surface area (Å²) in [5, 5.41) is 3.42. The third kappa shape index (κ3) is 6.45. The predicted octanol–water partition coefficient (Wildman–Crippen LogP) is 2.44. The Bertz CT molecular complexity index is 611. The maximum atomic E-state index is 10.4. The molecule has 0 radical (unpaired) electrons. The summed E-state index contributed by atoms with van der Waals surface area (Å²) >= 11 is 0. The van der Waals surface area contributed by atoms with E-state index in [1.807, 2.05) is 13.8 Å². The van der Waals surface area contributed by atoms with E-state index in [0.717, 1.165) is 76.4 Å². The van der Waals surface area contributed by atoms with Crippen LogP contribution in [-0.2, 0) is 9.53 Å². The van der Waals surface area contributed by atoms with Crippen LogP contribution in [0.2, 0.25) is 0 Å². The van der Waals surface area contributed by atoms with E-state index in [-0.39, 0.29) is 5.97 Å². The number of carbonyl (C=O) groups excluding carboxylic acids is 1. The van der Waals surface area contributed by atoms with Gasteiger partial charge in [-0.3, -0.25) is 4.79 Å². The molecule has 3 fully saturated rings. The number of nitrogens with one attached hydrogen (secondary N) is 1. The Morgan fingerprint density at radius 1 is 0.900 bits per heavy atom. The maximum absolute atomic E-state index is 10.4. The first kappa shape index (κ1) is 22.6. The second-order valence-electron chi connectivity index (χ2n) is 8.06. The van der Waals surface area contributed by atoms with E-state index >= 15 is 0 Å². The molecule has 0 spiro atoms. The first-order valence-corrected chi connectivity index (χ1v) is 11.7. The molecule has 0 bridgehead atoms. The molecule has 0 atom stereocenters. The van der Waals surface area contributed by atoms with Crippen molar-refractivity contribution >= 4 is 23.6 Å². The van der Waals surface area contributed by atoms with Gasteiger partial charge in [0.25, 0.3) is 0 Å². The van der Waals surface area contributed by atoms with Crippen molar-refractivity contribution < 1.29 is 9.53 Å². The number of hydrogen-bond donors (Lipinski definition) is 1. The quantitative estimate of drug-likeness (QED) is 0.706. The second kappa shape index (κ2) is 11.9. The lowest BCUT2D eigenvalue weighted by molar-refractivity contribution is -0.143. The Balaban J connectivity index is 0.000000275. The van der Waals surface area contributed by atoms with Crippen molar-refractivity contribution in [3.05, 3.63) is 6.07 Å². The molecule has 8 heteroatoms. The molecular weight excluding hydrogens is 380 g/mol. The highest BCUT2D eigenvalue weighted by atomic mass is 16.5. The molecule has 168 valence electrons. The zero-order chi connectivity index (χ0) is 21.2. The highest BCUT2D eigenvalue weighted by molar-refractivity contribution is 5.69. The molecule has 30 heavy (non-hydrogen) atoms. The summed E-state index contributed by atoms with van der Waals surface area (Å²) in [5.74, 6) is 3.09. The Morgan fingerprint density at radius 2 is 1.43 bits per heavy atom. The highest BCUT2D eigenvalue weighted by Gasteiger charge is 2.22. The standard InChI is InChI=1S/C16H26N6.C6H12O2/c1-2-8-20(7-1)14-13-15(21-11-5-17-6-12-21)19-16(18-14)22-9-3-4-10-22;1-3-5-6(7)8-4-2/h13,17H,1-12H2;3-5H2,1-2H3. The monoisotopic (exact) mass is 418 g/mol. The average Bonchev–Trinajstić information content (AvgIpc) is 3.49. The molecule has 3 aliphatic rings. The van der Waals surface area contributed by atoms with E-state index in [1.165, 1.54) is 25.7 Å². The number of piperazine rings is 1. The number of nitrogens with zero attached hydrogens (tertiary/aromatic N) is 5. The van der Waals surface area contributed by atoms with Gasteiger partial charge in [-0.2, -0.15) is 9.97 Å². The maximum Gasteiger partial charge on any atom is 0.305 e. The molecule has 1 N–H and O–H groups in total. The van der Waals surface area contributed by atoms with Gasteiger partial charge >= 0.3 is 5.97 Å². The van der Waals surface area contributed by atoms with Crippen LogP contribution in [0.5, 0.6) is 0 Å². The molecule has 3 aliphatic heterocycles. The van der Waals surface area contributed by atoms with Crippen molar-refractivity contribution in [3.8, 4) is 0 Å². The highest BCUT2D eigenvalue weighted by Crippen LogP contribution is 2.27. The summed E-state index contributed by atoms with van der Waals surface area (Å²) < 4.78 is 4.64. The SMILES string of the molecule is CCCC(=O)OCC.c1c(N2CCCC2)nc(N2CCCC2)nc1N1CCNCC1. The second-order valence-corrected chi connectivity index (χ2v) is 8.06. The Labute approximate surface area is 181 Å². The van der Waals surface area contributed by atoms with Crippen LogP contribution in [0, 0.1) is 0 Å². The smallest absolute Gasteiger partial charge is 0.305 e. The zero-order valence-corrected chi connectivity index (χ0v) is 18.7. The van der Waals surface area contributed by atoms with Crippen LogP contribution >= 0.6 is 0 Å². The summed E-state index contributed by atoms with van der Waals surface area (Å²) in [5.41, 5.74) is 0. The van der Waals surface area contributed by atoms with Crippen LogP contribution in [0.1, 0.15) is 52.4 Å². The van der Waals surface area contributed by atoms with E-state index in [0.29, 0.717) is 13.0 Å². The topological polar surface area (TPSA) is 73.8 Å². The number of rotatable bonds is 6. The van der Waals surface area contributed by atoms with E-state index in [9.17, 15) is 4.79 Å². The first-order valence-electron chi connectivity index (χ1n) is 11.7. The fraction of sp³-hybridized carbons (Fsp3) is 0.773. The van der Waals surface area contributed by atoms with Crippen molar-refractivity contribution in [2.24, 2.45) is 0 Å².